The third-order valence-electron chi connectivity index (χ3n) is 3.44. The van der Waals surface area contributed by atoms with Crippen LogP contribution in [0, 0.1) is 20.8 Å². The average Bonchev–Trinajstić information content (AvgIpc) is 2.38. The van der Waals surface area contributed by atoms with E-state index in [0.29, 0.717) is 5.56 Å². The van der Waals surface area contributed by atoms with Gasteiger partial charge in [0.15, 0.2) is 0 Å². The Morgan fingerprint density at radius 2 is 1.80 bits per heavy atom. The number of benzene rings is 2. The van der Waals surface area contributed by atoms with Crippen LogP contribution < -0.4 is 5.32 Å². The van der Waals surface area contributed by atoms with Crippen LogP contribution in [0.5, 0.6) is 0 Å². The zero-order chi connectivity index (χ0) is 14.7. The molecular formula is C17H19NO2. The highest BCUT2D eigenvalue weighted by atomic mass is 16.4. The van der Waals surface area contributed by atoms with Gasteiger partial charge < -0.3 is 10.4 Å². The van der Waals surface area contributed by atoms with Gasteiger partial charge in [-0.1, -0.05) is 23.8 Å². The van der Waals surface area contributed by atoms with Gasteiger partial charge in [0.25, 0.3) is 0 Å². The second-order valence-corrected chi connectivity index (χ2v) is 5.12. The smallest absolute Gasteiger partial charge is 0.335 e. The molecule has 2 aromatic carbocycles. The first-order valence-electron chi connectivity index (χ1n) is 6.61. The maximum absolute atomic E-state index is 10.9. The quantitative estimate of drug-likeness (QED) is 0.884. The molecule has 3 heteroatoms. The molecule has 0 aliphatic heterocycles. The molecule has 0 unspecified atom stereocenters. The maximum atomic E-state index is 10.9. The van der Waals surface area contributed by atoms with Gasteiger partial charge in [0.1, 0.15) is 0 Å². The fourth-order valence-corrected chi connectivity index (χ4v) is 2.23. The summed E-state index contributed by atoms with van der Waals surface area (Å²) < 4.78 is 0. The molecule has 0 radical (unpaired) electrons. The zero-order valence-electron chi connectivity index (χ0n) is 12.0. The highest BCUT2D eigenvalue weighted by molar-refractivity contribution is 5.88. The minimum Gasteiger partial charge on any atom is -0.478 e. The minimum absolute atomic E-state index is 0.319. The molecule has 0 bridgehead atoms. The molecule has 0 aliphatic rings. The number of aryl methyl sites for hydroxylation is 3. The average molecular weight is 269 g/mol. The molecule has 2 N–H and O–H groups in total. The highest BCUT2D eigenvalue weighted by Crippen LogP contribution is 2.19. The molecule has 0 amide bonds. The fourth-order valence-electron chi connectivity index (χ4n) is 2.23. The Kier molecular flexibility index (Phi) is 4.08. The van der Waals surface area contributed by atoms with Crippen LogP contribution in [0.3, 0.4) is 0 Å². The maximum Gasteiger partial charge on any atom is 0.335 e. The van der Waals surface area contributed by atoms with Crippen LogP contribution in [-0.2, 0) is 6.54 Å². The topological polar surface area (TPSA) is 49.3 Å². The van der Waals surface area contributed by atoms with Gasteiger partial charge in [-0.2, -0.15) is 0 Å². The van der Waals surface area contributed by atoms with Gasteiger partial charge in [-0.05, 0) is 55.7 Å². The predicted octanol–water partition coefficient (Wildman–Crippen LogP) is 3.92. The molecule has 0 heterocycles. The Bertz CT molecular complexity index is 647. The molecule has 0 fully saturated rings. The van der Waals surface area contributed by atoms with E-state index in [1.54, 1.807) is 12.1 Å². The first kappa shape index (κ1) is 14.1. The van der Waals surface area contributed by atoms with E-state index in [2.05, 4.69) is 37.4 Å². The monoisotopic (exact) mass is 269 g/mol. The summed E-state index contributed by atoms with van der Waals surface area (Å²) in [4.78, 5) is 10.9. The number of rotatable bonds is 4. The van der Waals surface area contributed by atoms with Gasteiger partial charge in [0.2, 0.25) is 0 Å². The molecule has 0 spiro atoms. The second kappa shape index (κ2) is 5.78. The van der Waals surface area contributed by atoms with Gasteiger partial charge in [0.05, 0.1) is 5.56 Å². The number of aromatic carboxylic acids is 1. The van der Waals surface area contributed by atoms with Gasteiger partial charge in [-0.15, -0.1) is 0 Å². The van der Waals surface area contributed by atoms with Crippen molar-refractivity contribution in [1.29, 1.82) is 0 Å². The van der Waals surface area contributed by atoms with E-state index in [1.807, 2.05) is 13.0 Å². The zero-order valence-corrected chi connectivity index (χ0v) is 12.0. The van der Waals surface area contributed by atoms with Crippen molar-refractivity contribution in [2.75, 3.05) is 5.32 Å². The van der Waals surface area contributed by atoms with Crippen molar-refractivity contribution in [3.05, 3.63) is 64.2 Å². The van der Waals surface area contributed by atoms with Crippen LogP contribution >= 0.6 is 0 Å². The lowest BCUT2D eigenvalue weighted by Crippen LogP contribution is -2.04. The van der Waals surface area contributed by atoms with E-state index < -0.39 is 5.97 Å². The fraction of sp³-hybridized carbons (Fsp3) is 0.235. The SMILES string of the molecule is Cc1ccc(CNc2ccc(C(=O)O)cc2C)c(C)c1. The molecule has 0 saturated heterocycles. The first-order valence-corrected chi connectivity index (χ1v) is 6.61. The van der Waals surface area contributed by atoms with Crippen LogP contribution in [-0.4, -0.2) is 11.1 Å². The number of carboxylic acid groups (broad SMARTS) is 1. The molecule has 2 aromatic rings. The predicted molar refractivity (Wildman–Crippen MR) is 81.4 cm³/mol. The van der Waals surface area contributed by atoms with Crippen LogP contribution in [0.4, 0.5) is 5.69 Å². The number of hydrogen-bond acceptors (Lipinski definition) is 2. The van der Waals surface area contributed by atoms with E-state index in [9.17, 15) is 4.79 Å². The molecule has 0 aromatic heterocycles. The Labute approximate surface area is 119 Å². The molecule has 0 saturated carbocycles. The van der Waals surface area contributed by atoms with E-state index in [1.165, 1.54) is 16.7 Å². The summed E-state index contributed by atoms with van der Waals surface area (Å²) in [6, 6.07) is 11.5. The number of carbonyl (C=O) groups is 1. The molecule has 3 nitrogen and oxygen atoms in total. The summed E-state index contributed by atoms with van der Waals surface area (Å²) in [7, 11) is 0. The van der Waals surface area contributed by atoms with Gasteiger partial charge in [0, 0.05) is 12.2 Å². The third kappa shape index (κ3) is 3.18. The van der Waals surface area contributed by atoms with Crippen molar-refractivity contribution in [2.24, 2.45) is 0 Å². The van der Waals surface area contributed by atoms with E-state index in [0.717, 1.165) is 17.8 Å². The van der Waals surface area contributed by atoms with Gasteiger partial charge >= 0.3 is 5.97 Å². The summed E-state index contributed by atoms with van der Waals surface area (Å²) in [5.41, 5.74) is 5.99. The van der Waals surface area contributed by atoms with E-state index in [-0.39, 0.29) is 0 Å². The third-order valence-corrected chi connectivity index (χ3v) is 3.44. The van der Waals surface area contributed by atoms with Crippen LogP contribution in [0.1, 0.15) is 32.6 Å². The molecule has 104 valence electrons. The lowest BCUT2D eigenvalue weighted by molar-refractivity contribution is 0.0697. The van der Waals surface area contributed by atoms with Crippen LogP contribution in [0.25, 0.3) is 0 Å². The Morgan fingerprint density at radius 1 is 1.05 bits per heavy atom. The molecule has 2 rings (SSSR count). The Hall–Kier alpha value is -2.29. The van der Waals surface area contributed by atoms with Crippen molar-refractivity contribution in [3.63, 3.8) is 0 Å². The minimum atomic E-state index is -0.894. The summed E-state index contributed by atoms with van der Waals surface area (Å²) in [6.45, 7) is 6.83. The summed E-state index contributed by atoms with van der Waals surface area (Å²) in [5.74, 6) is -0.894. The second-order valence-electron chi connectivity index (χ2n) is 5.12. The number of anilines is 1. The van der Waals surface area contributed by atoms with Gasteiger partial charge in [-0.3, -0.25) is 0 Å². The number of hydrogen-bond donors (Lipinski definition) is 2. The summed E-state index contributed by atoms with van der Waals surface area (Å²) in [6.07, 6.45) is 0. The Balaban J connectivity index is 2.13. The van der Waals surface area contributed by atoms with Crippen LogP contribution in [0.15, 0.2) is 36.4 Å². The van der Waals surface area contributed by atoms with Crippen molar-refractivity contribution >= 4 is 11.7 Å². The summed E-state index contributed by atoms with van der Waals surface area (Å²) >= 11 is 0. The van der Waals surface area contributed by atoms with E-state index >= 15 is 0 Å². The number of carboxylic acids is 1. The van der Waals surface area contributed by atoms with Crippen molar-refractivity contribution in [3.8, 4) is 0 Å². The lowest BCUT2D eigenvalue weighted by atomic mass is 10.1. The number of nitrogens with one attached hydrogen (secondary N) is 1. The molecule has 0 atom stereocenters. The molecular weight excluding hydrogens is 250 g/mol. The van der Waals surface area contributed by atoms with Crippen molar-refractivity contribution in [2.45, 2.75) is 27.3 Å². The standard InChI is InChI=1S/C17H19NO2/c1-11-4-5-15(12(2)8-11)10-18-16-7-6-14(17(19)20)9-13(16)3/h4-9,18H,10H2,1-3H3,(H,19,20). The summed E-state index contributed by atoms with van der Waals surface area (Å²) in [5, 5.41) is 12.3. The highest BCUT2D eigenvalue weighted by Gasteiger charge is 2.06. The Morgan fingerprint density at radius 3 is 2.40 bits per heavy atom. The lowest BCUT2D eigenvalue weighted by Gasteiger charge is -2.12. The normalized spacial score (nSPS) is 10.3. The van der Waals surface area contributed by atoms with E-state index in [4.69, 9.17) is 5.11 Å². The van der Waals surface area contributed by atoms with Crippen molar-refractivity contribution < 1.29 is 9.90 Å². The van der Waals surface area contributed by atoms with Crippen molar-refractivity contribution in [1.82, 2.24) is 0 Å². The molecule has 20 heavy (non-hydrogen) atoms. The first-order chi connectivity index (χ1) is 9.47. The molecule has 0 aliphatic carbocycles. The van der Waals surface area contributed by atoms with Gasteiger partial charge in [-0.25, -0.2) is 4.79 Å². The van der Waals surface area contributed by atoms with Crippen LogP contribution in [0.2, 0.25) is 0 Å². The largest absolute Gasteiger partial charge is 0.478 e.